The van der Waals surface area contributed by atoms with Gasteiger partial charge >= 0.3 is 0 Å². The summed E-state index contributed by atoms with van der Waals surface area (Å²) in [6.45, 7) is 2.16. The number of nitrogens with one attached hydrogen (secondary N) is 1. The van der Waals surface area contributed by atoms with Crippen LogP contribution in [0.4, 0.5) is 5.82 Å². The van der Waals surface area contributed by atoms with Crippen molar-refractivity contribution >= 4 is 62.5 Å². The summed E-state index contributed by atoms with van der Waals surface area (Å²) in [6.07, 6.45) is 4.82. The van der Waals surface area contributed by atoms with Gasteiger partial charge in [0, 0.05) is 22.4 Å². The molecule has 0 radical (unpaired) electrons. The highest BCUT2D eigenvalue weighted by Gasteiger charge is 2.19. The Hall–Kier alpha value is -1.54. The topological polar surface area (TPSA) is 64.7 Å². The molecule has 0 bridgehead atoms. The molecule has 3 aromatic rings. The van der Waals surface area contributed by atoms with E-state index in [-0.39, 0.29) is 5.91 Å². The molecule has 0 aliphatic heterocycles. The second-order valence-electron chi connectivity index (χ2n) is 5.56. The van der Waals surface area contributed by atoms with E-state index in [0.717, 1.165) is 5.56 Å². The molecule has 10 heteroatoms. The molecule has 0 saturated carbocycles. The van der Waals surface area contributed by atoms with Crippen molar-refractivity contribution in [3.05, 3.63) is 61.9 Å². The predicted octanol–water partition coefficient (Wildman–Crippen LogP) is 5.05. The monoisotopic (exact) mass is 475 g/mol. The second kappa shape index (κ2) is 8.00. The van der Waals surface area contributed by atoms with Crippen LogP contribution in [0.1, 0.15) is 18.5 Å². The normalized spacial score (nSPS) is 12.2. The Labute approximate surface area is 173 Å². The summed E-state index contributed by atoms with van der Waals surface area (Å²) in [6, 6.07) is 4.74. The Balaban J connectivity index is 1.72. The molecule has 0 fully saturated rings. The third-order valence-corrected chi connectivity index (χ3v) is 5.01. The minimum atomic E-state index is -0.537. The molecule has 3 rings (SSSR count). The fourth-order valence-corrected chi connectivity index (χ4v) is 3.28. The second-order valence-corrected chi connectivity index (χ2v) is 7.70. The number of carbonyl (C=O) groups excluding carboxylic acids is 1. The fraction of sp³-hybridized carbons (Fsp3) is 0.188. The number of nitrogens with zero attached hydrogens (tertiary/aromatic N) is 4. The van der Waals surface area contributed by atoms with E-state index in [1.54, 1.807) is 36.1 Å². The van der Waals surface area contributed by atoms with Crippen LogP contribution in [0, 0.1) is 0 Å². The van der Waals surface area contributed by atoms with Gasteiger partial charge < -0.3 is 5.32 Å². The zero-order valence-electron chi connectivity index (χ0n) is 13.5. The number of anilines is 1. The third kappa shape index (κ3) is 4.40. The van der Waals surface area contributed by atoms with Crippen LogP contribution >= 0.6 is 50.7 Å². The van der Waals surface area contributed by atoms with E-state index in [2.05, 4.69) is 31.4 Å². The number of aromatic nitrogens is 4. The number of carbonyl (C=O) groups is 1. The van der Waals surface area contributed by atoms with Crippen LogP contribution in [-0.4, -0.2) is 25.5 Å². The van der Waals surface area contributed by atoms with Crippen molar-refractivity contribution in [3.8, 4) is 0 Å². The number of benzene rings is 1. The van der Waals surface area contributed by atoms with Crippen molar-refractivity contribution in [2.24, 2.45) is 0 Å². The number of hydrogen-bond acceptors (Lipinski definition) is 3. The fourth-order valence-electron chi connectivity index (χ4n) is 2.26. The van der Waals surface area contributed by atoms with Crippen LogP contribution in [0.3, 0.4) is 0 Å². The van der Waals surface area contributed by atoms with Crippen LogP contribution < -0.4 is 5.32 Å². The maximum atomic E-state index is 12.4. The van der Waals surface area contributed by atoms with Gasteiger partial charge in [0.05, 0.1) is 22.2 Å². The molecule has 1 unspecified atom stereocenters. The lowest BCUT2D eigenvalue weighted by molar-refractivity contribution is -0.119. The molecule has 1 atom stereocenters. The van der Waals surface area contributed by atoms with Crippen LogP contribution in [-0.2, 0) is 11.3 Å². The van der Waals surface area contributed by atoms with Crippen LogP contribution in [0.2, 0.25) is 15.1 Å². The Morgan fingerprint density at radius 2 is 2.04 bits per heavy atom. The average Bonchev–Trinajstić information content (AvgIpc) is 3.15. The van der Waals surface area contributed by atoms with Crippen molar-refractivity contribution in [1.29, 1.82) is 0 Å². The standard InChI is InChI=1S/C16H13BrCl3N5O/c1-9(25-7-12(19)5-21-25)16(26)22-15-13(17)8-24(23-15)6-10-2-3-11(18)4-14(10)20/h2-5,7-9H,6H2,1H3,(H,22,23,26). The molecule has 1 N–H and O–H groups in total. The lowest BCUT2D eigenvalue weighted by Crippen LogP contribution is -2.24. The molecule has 1 aromatic carbocycles. The van der Waals surface area contributed by atoms with Crippen molar-refractivity contribution in [2.75, 3.05) is 5.32 Å². The number of halogens is 4. The molecule has 26 heavy (non-hydrogen) atoms. The average molecular weight is 478 g/mol. The van der Waals surface area contributed by atoms with Crippen LogP contribution in [0.5, 0.6) is 0 Å². The summed E-state index contributed by atoms with van der Waals surface area (Å²) in [5, 5.41) is 12.8. The maximum Gasteiger partial charge on any atom is 0.250 e. The highest BCUT2D eigenvalue weighted by Crippen LogP contribution is 2.25. The summed E-state index contributed by atoms with van der Waals surface area (Å²) in [7, 11) is 0. The van der Waals surface area contributed by atoms with E-state index in [9.17, 15) is 4.79 Å². The minimum Gasteiger partial charge on any atom is -0.306 e. The van der Waals surface area contributed by atoms with Gasteiger partial charge in [-0.1, -0.05) is 40.9 Å². The lowest BCUT2D eigenvalue weighted by atomic mass is 10.2. The first-order valence-electron chi connectivity index (χ1n) is 7.51. The van der Waals surface area contributed by atoms with Gasteiger partial charge in [0.25, 0.3) is 0 Å². The largest absolute Gasteiger partial charge is 0.306 e. The molecular formula is C16H13BrCl3N5O. The zero-order chi connectivity index (χ0) is 18.8. The van der Waals surface area contributed by atoms with Gasteiger partial charge in [-0.05, 0) is 40.5 Å². The van der Waals surface area contributed by atoms with E-state index < -0.39 is 6.04 Å². The van der Waals surface area contributed by atoms with Gasteiger partial charge in [-0.15, -0.1) is 0 Å². The van der Waals surface area contributed by atoms with Crippen molar-refractivity contribution in [3.63, 3.8) is 0 Å². The predicted molar refractivity (Wildman–Crippen MR) is 106 cm³/mol. The molecule has 0 aliphatic carbocycles. The molecule has 0 spiro atoms. The molecule has 136 valence electrons. The van der Waals surface area contributed by atoms with E-state index in [4.69, 9.17) is 34.8 Å². The van der Waals surface area contributed by atoms with Crippen molar-refractivity contribution in [1.82, 2.24) is 19.6 Å². The minimum absolute atomic E-state index is 0.264. The first-order chi connectivity index (χ1) is 12.3. The first kappa shape index (κ1) is 19.2. The summed E-state index contributed by atoms with van der Waals surface area (Å²) >= 11 is 21.3. The first-order valence-corrected chi connectivity index (χ1v) is 9.43. The van der Waals surface area contributed by atoms with Crippen LogP contribution in [0.15, 0.2) is 41.3 Å². The highest BCUT2D eigenvalue weighted by atomic mass is 79.9. The Bertz CT molecular complexity index is 955. The van der Waals surface area contributed by atoms with Gasteiger partial charge in [-0.25, -0.2) is 0 Å². The summed E-state index contributed by atoms with van der Waals surface area (Å²) < 4.78 is 3.81. The Morgan fingerprint density at radius 1 is 1.27 bits per heavy atom. The maximum absolute atomic E-state index is 12.4. The number of amides is 1. The van der Waals surface area contributed by atoms with Gasteiger partial charge in [-0.2, -0.15) is 10.2 Å². The zero-order valence-corrected chi connectivity index (χ0v) is 17.3. The number of hydrogen-bond donors (Lipinski definition) is 1. The van der Waals surface area contributed by atoms with Crippen molar-refractivity contribution < 1.29 is 4.79 Å². The summed E-state index contributed by atoms with van der Waals surface area (Å²) in [5.41, 5.74) is 0.864. The van der Waals surface area contributed by atoms with Gasteiger partial charge in [0.2, 0.25) is 5.91 Å². The molecule has 2 heterocycles. The molecule has 0 aliphatic rings. The van der Waals surface area contributed by atoms with E-state index in [0.29, 0.717) is 31.9 Å². The SMILES string of the molecule is CC(C(=O)Nc1nn(Cc2ccc(Cl)cc2Cl)cc1Br)n1cc(Cl)cn1. The third-order valence-electron chi connectivity index (χ3n) is 3.65. The van der Waals surface area contributed by atoms with Gasteiger partial charge in [-0.3, -0.25) is 14.2 Å². The Morgan fingerprint density at radius 3 is 2.69 bits per heavy atom. The van der Waals surface area contributed by atoms with Crippen LogP contribution in [0.25, 0.3) is 0 Å². The van der Waals surface area contributed by atoms with Crippen molar-refractivity contribution in [2.45, 2.75) is 19.5 Å². The van der Waals surface area contributed by atoms with E-state index in [1.807, 2.05) is 6.07 Å². The highest BCUT2D eigenvalue weighted by molar-refractivity contribution is 9.10. The molecular weight excluding hydrogens is 464 g/mol. The van der Waals surface area contributed by atoms with Gasteiger partial charge in [0.15, 0.2) is 5.82 Å². The van der Waals surface area contributed by atoms with Gasteiger partial charge in [0.1, 0.15) is 6.04 Å². The molecule has 0 saturated heterocycles. The summed E-state index contributed by atoms with van der Waals surface area (Å²) in [5.74, 6) is 0.144. The van der Waals surface area contributed by atoms with E-state index in [1.165, 1.54) is 10.9 Å². The number of rotatable bonds is 5. The molecule has 6 nitrogen and oxygen atoms in total. The smallest absolute Gasteiger partial charge is 0.250 e. The van der Waals surface area contributed by atoms with E-state index >= 15 is 0 Å². The Kier molecular flexibility index (Phi) is 5.92. The summed E-state index contributed by atoms with van der Waals surface area (Å²) in [4.78, 5) is 12.4. The molecule has 1 amide bonds. The quantitative estimate of drug-likeness (QED) is 0.559. The molecule has 2 aromatic heterocycles. The lowest BCUT2D eigenvalue weighted by Gasteiger charge is -2.11.